The monoisotopic (exact) mass is 448 g/mol. The van der Waals surface area contributed by atoms with Gasteiger partial charge in [-0.2, -0.15) is 0 Å². The number of hydrogen-bond acceptors (Lipinski definition) is 4. The molecule has 1 N–H and O–H groups in total. The predicted octanol–water partition coefficient (Wildman–Crippen LogP) is 4.33. The van der Waals surface area contributed by atoms with Gasteiger partial charge in [-0.05, 0) is 68.9 Å². The van der Waals surface area contributed by atoms with E-state index >= 15 is 0 Å². The van der Waals surface area contributed by atoms with E-state index in [1.165, 1.54) is 12.7 Å². The van der Waals surface area contributed by atoms with Gasteiger partial charge in [0.1, 0.15) is 0 Å². The van der Waals surface area contributed by atoms with Gasteiger partial charge in [0, 0.05) is 29.8 Å². The molecule has 32 heavy (non-hydrogen) atoms. The molecule has 166 valence electrons. The highest BCUT2D eigenvalue weighted by Crippen LogP contribution is 2.41. The Morgan fingerprint density at radius 3 is 2.56 bits per heavy atom. The number of aryl methyl sites for hydroxylation is 2. The number of pyridine rings is 1. The molecule has 0 aliphatic carbocycles. The van der Waals surface area contributed by atoms with Crippen LogP contribution in [0.5, 0.6) is 0 Å². The lowest BCUT2D eigenvalue weighted by Crippen LogP contribution is -2.32. The molecule has 2 aromatic heterocycles. The first-order chi connectivity index (χ1) is 15.4. The SMILES string of the molecule is COC(=O)CCN1C(=S)N[C@H](c2ccccn2)[C@H]1c1cc(C)n(-c2ccc(C)cc2)c1C. The van der Waals surface area contributed by atoms with Crippen LogP contribution in [0.1, 0.15) is 46.7 Å². The first kappa shape index (κ1) is 22.0. The summed E-state index contributed by atoms with van der Waals surface area (Å²) in [6.07, 6.45) is 2.06. The van der Waals surface area contributed by atoms with Crippen LogP contribution >= 0.6 is 12.2 Å². The molecular formula is C25H28N4O2S. The van der Waals surface area contributed by atoms with E-state index in [2.05, 4.69) is 70.9 Å². The fourth-order valence-electron chi connectivity index (χ4n) is 4.48. The summed E-state index contributed by atoms with van der Waals surface area (Å²) in [5.74, 6) is -0.252. The smallest absolute Gasteiger partial charge is 0.307 e. The second-order valence-corrected chi connectivity index (χ2v) is 8.53. The highest BCUT2D eigenvalue weighted by atomic mass is 32.1. The number of esters is 1. The molecule has 1 aromatic carbocycles. The maximum Gasteiger partial charge on any atom is 0.307 e. The Kier molecular flexibility index (Phi) is 6.28. The molecule has 1 saturated heterocycles. The van der Waals surface area contributed by atoms with Gasteiger partial charge in [0.2, 0.25) is 0 Å². The predicted molar refractivity (Wildman–Crippen MR) is 129 cm³/mol. The number of aromatic nitrogens is 2. The lowest BCUT2D eigenvalue weighted by Gasteiger charge is -2.28. The number of nitrogens with one attached hydrogen (secondary N) is 1. The van der Waals surface area contributed by atoms with Crippen LogP contribution in [0.3, 0.4) is 0 Å². The molecule has 3 aromatic rings. The lowest BCUT2D eigenvalue weighted by atomic mass is 9.96. The van der Waals surface area contributed by atoms with Crippen molar-refractivity contribution in [3.63, 3.8) is 0 Å². The summed E-state index contributed by atoms with van der Waals surface area (Å²) in [4.78, 5) is 18.6. The molecule has 0 saturated carbocycles. The summed E-state index contributed by atoms with van der Waals surface area (Å²) >= 11 is 5.70. The lowest BCUT2D eigenvalue weighted by molar-refractivity contribution is -0.140. The quantitative estimate of drug-likeness (QED) is 0.447. The van der Waals surface area contributed by atoms with Crippen molar-refractivity contribution in [2.45, 2.75) is 39.3 Å². The fraction of sp³-hybridized carbons (Fsp3) is 0.320. The van der Waals surface area contributed by atoms with E-state index in [0.717, 1.165) is 28.3 Å². The third-order valence-electron chi connectivity index (χ3n) is 6.06. The van der Waals surface area contributed by atoms with E-state index in [0.29, 0.717) is 11.7 Å². The Hall–Kier alpha value is -3.19. The van der Waals surface area contributed by atoms with Crippen molar-refractivity contribution in [1.29, 1.82) is 0 Å². The Labute approximate surface area is 194 Å². The Morgan fingerprint density at radius 2 is 1.91 bits per heavy atom. The molecule has 4 rings (SSSR count). The van der Waals surface area contributed by atoms with Crippen molar-refractivity contribution >= 4 is 23.3 Å². The highest BCUT2D eigenvalue weighted by molar-refractivity contribution is 7.80. The van der Waals surface area contributed by atoms with E-state index in [9.17, 15) is 4.79 Å². The molecule has 2 atom stereocenters. The first-order valence-electron chi connectivity index (χ1n) is 10.7. The van der Waals surface area contributed by atoms with Gasteiger partial charge < -0.3 is 19.5 Å². The molecule has 0 radical (unpaired) electrons. The Balaban J connectivity index is 1.78. The molecule has 0 bridgehead atoms. The van der Waals surface area contributed by atoms with Gasteiger partial charge in [0.15, 0.2) is 5.11 Å². The Morgan fingerprint density at radius 1 is 1.16 bits per heavy atom. The van der Waals surface area contributed by atoms with Crippen LogP contribution < -0.4 is 5.32 Å². The van der Waals surface area contributed by atoms with Crippen molar-refractivity contribution in [3.05, 3.63) is 82.9 Å². The van der Waals surface area contributed by atoms with E-state index in [1.807, 2.05) is 18.2 Å². The van der Waals surface area contributed by atoms with Crippen molar-refractivity contribution in [2.75, 3.05) is 13.7 Å². The minimum atomic E-state index is -0.252. The summed E-state index contributed by atoms with van der Waals surface area (Å²) in [6.45, 7) is 6.82. The van der Waals surface area contributed by atoms with Gasteiger partial charge in [-0.1, -0.05) is 23.8 Å². The van der Waals surface area contributed by atoms with Crippen LogP contribution in [0.4, 0.5) is 0 Å². The number of ether oxygens (including phenoxy) is 1. The number of thiocarbonyl (C=S) groups is 1. The Bertz CT molecular complexity index is 1120. The van der Waals surface area contributed by atoms with Crippen molar-refractivity contribution in [2.24, 2.45) is 0 Å². The minimum absolute atomic E-state index is 0.0903. The molecule has 1 aliphatic heterocycles. The van der Waals surface area contributed by atoms with E-state index in [-0.39, 0.29) is 24.5 Å². The molecular weight excluding hydrogens is 420 g/mol. The van der Waals surface area contributed by atoms with E-state index < -0.39 is 0 Å². The zero-order chi connectivity index (χ0) is 22.8. The van der Waals surface area contributed by atoms with Gasteiger partial charge in [-0.25, -0.2) is 0 Å². The van der Waals surface area contributed by atoms with Crippen molar-refractivity contribution in [3.8, 4) is 5.69 Å². The number of carbonyl (C=O) groups excluding carboxylic acids is 1. The molecule has 7 heteroatoms. The number of carbonyl (C=O) groups is 1. The molecule has 1 aliphatic rings. The van der Waals surface area contributed by atoms with Crippen LogP contribution in [0, 0.1) is 20.8 Å². The summed E-state index contributed by atoms with van der Waals surface area (Å²) < 4.78 is 7.13. The largest absolute Gasteiger partial charge is 0.469 e. The van der Waals surface area contributed by atoms with Gasteiger partial charge in [0.05, 0.1) is 31.3 Å². The number of hydrogen-bond donors (Lipinski definition) is 1. The second kappa shape index (κ2) is 9.12. The summed E-state index contributed by atoms with van der Waals surface area (Å²) in [6, 6.07) is 16.4. The van der Waals surface area contributed by atoms with Crippen LogP contribution in [-0.2, 0) is 9.53 Å². The molecule has 6 nitrogen and oxygen atoms in total. The van der Waals surface area contributed by atoms with Gasteiger partial charge in [0.25, 0.3) is 0 Å². The zero-order valence-corrected chi connectivity index (χ0v) is 19.6. The molecule has 0 amide bonds. The molecule has 0 spiro atoms. The van der Waals surface area contributed by atoms with Gasteiger partial charge >= 0.3 is 5.97 Å². The molecule has 1 fully saturated rings. The van der Waals surface area contributed by atoms with Crippen LogP contribution in [-0.4, -0.2) is 39.2 Å². The number of methoxy groups -OCH3 is 1. The maximum absolute atomic E-state index is 11.9. The zero-order valence-electron chi connectivity index (χ0n) is 18.8. The van der Waals surface area contributed by atoms with E-state index in [4.69, 9.17) is 17.0 Å². The van der Waals surface area contributed by atoms with Gasteiger partial charge in [-0.15, -0.1) is 0 Å². The second-order valence-electron chi connectivity index (χ2n) is 8.14. The maximum atomic E-state index is 11.9. The number of benzene rings is 1. The molecule has 3 heterocycles. The summed E-state index contributed by atoms with van der Waals surface area (Å²) in [5, 5.41) is 4.07. The third-order valence-corrected chi connectivity index (χ3v) is 6.42. The summed E-state index contributed by atoms with van der Waals surface area (Å²) in [5.41, 5.74) is 6.72. The highest BCUT2D eigenvalue weighted by Gasteiger charge is 2.41. The van der Waals surface area contributed by atoms with Crippen molar-refractivity contribution < 1.29 is 9.53 Å². The summed E-state index contributed by atoms with van der Waals surface area (Å²) in [7, 11) is 1.41. The first-order valence-corrected chi connectivity index (χ1v) is 11.1. The average Bonchev–Trinajstić information content (AvgIpc) is 3.28. The third kappa shape index (κ3) is 4.12. The van der Waals surface area contributed by atoms with Crippen LogP contribution in [0.15, 0.2) is 54.7 Å². The van der Waals surface area contributed by atoms with Crippen LogP contribution in [0.25, 0.3) is 5.69 Å². The average molecular weight is 449 g/mol. The molecule has 0 unspecified atom stereocenters. The topological polar surface area (TPSA) is 59.4 Å². The van der Waals surface area contributed by atoms with E-state index in [1.54, 1.807) is 6.20 Å². The van der Waals surface area contributed by atoms with Gasteiger partial charge in [-0.3, -0.25) is 9.78 Å². The fourth-order valence-corrected chi connectivity index (χ4v) is 4.81. The standard InChI is InChI=1S/C25H28N4O2S/c1-16-8-10-19(11-9-16)29-17(2)15-20(18(29)3)24-23(21-7-5-6-13-26-21)27-25(32)28(24)14-12-22(30)31-4/h5-11,13,15,23-24H,12,14H2,1-4H3,(H,27,32)/t23-,24-/m1/s1. The number of nitrogens with zero attached hydrogens (tertiary/aromatic N) is 3. The normalized spacial score (nSPS) is 18.0. The minimum Gasteiger partial charge on any atom is -0.469 e. The van der Waals surface area contributed by atoms with Crippen molar-refractivity contribution in [1.82, 2.24) is 19.8 Å². The number of rotatable bonds is 6. The van der Waals surface area contributed by atoms with Crippen LogP contribution in [0.2, 0.25) is 0 Å².